The van der Waals surface area contributed by atoms with Crippen LogP contribution >= 0.6 is 15.9 Å². The molecule has 112 valence electrons. The molecule has 0 aliphatic heterocycles. The van der Waals surface area contributed by atoms with E-state index in [2.05, 4.69) is 20.7 Å². The SMILES string of the molecule is CC(C)(CNS(=O)(=O)c1cc(N)c(F)cc1Br)C(N)=O. The van der Waals surface area contributed by atoms with E-state index in [0.29, 0.717) is 0 Å². The number of hydrogen-bond acceptors (Lipinski definition) is 4. The summed E-state index contributed by atoms with van der Waals surface area (Å²) in [6.07, 6.45) is 0. The molecular weight excluding hydrogens is 353 g/mol. The Morgan fingerprint density at radius 3 is 2.50 bits per heavy atom. The van der Waals surface area contributed by atoms with Gasteiger partial charge in [-0.15, -0.1) is 0 Å². The van der Waals surface area contributed by atoms with Gasteiger partial charge in [0.2, 0.25) is 15.9 Å². The Kier molecular flexibility index (Phi) is 4.78. The van der Waals surface area contributed by atoms with Crippen molar-refractivity contribution in [3.63, 3.8) is 0 Å². The smallest absolute Gasteiger partial charge is 0.241 e. The maximum absolute atomic E-state index is 13.2. The highest BCUT2D eigenvalue weighted by atomic mass is 79.9. The fraction of sp³-hybridized carbons (Fsp3) is 0.364. The summed E-state index contributed by atoms with van der Waals surface area (Å²) in [4.78, 5) is 10.9. The second-order valence-corrected chi connectivity index (χ2v) is 7.47. The molecule has 0 fully saturated rings. The first kappa shape index (κ1) is 16.9. The highest BCUT2D eigenvalue weighted by Crippen LogP contribution is 2.27. The van der Waals surface area contributed by atoms with Gasteiger partial charge in [-0.05, 0) is 41.9 Å². The fourth-order valence-electron chi connectivity index (χ4n) is 1.19. The molecule has 0 saturated heterocycles. The van der Waals surface area contributed by atoms with Crippen LogP contribution < -0.4 is 16.2 Å². The lowest BCUT2D eigenvalue weighted by Crippen LogP contribution is -2.42. The Labute approximate surface area is 124 Å². The third kappa shape index (κ3) is 3.68. The van der Waals surface area contributed by atoms with Crippen LogP contribution in [0.25, 0.3) is 0 Å². The topological polar surface area (TPSA) is 115 Å². The number of benzene rings is 1. The van der Waals surface area contributed by atoms with Crippen molar-refractivity contribution < 1.29 is 17.6 Å². The molecule has 1 aromatic carbocycles. The molecule has 0 aliphatic rings. The molecule has 0 unspecified atom stereocenters. The Bertz CT molecular complexity index is 647. The molecule has 6 nitrogen and oxygen atoms in total. The van der Waals surface area contributed by atoms with Gasteiger partial charge < -0.3 is 11.5 Å². The molecule has 9 heteroatoms. The molecule has 1 rings (SSSR count). The first-order valence-corrected chi connectivity index (χ1v) is 7.79. The molecule has 0 aromatic heterocycles. The van der Waals surface area contributed by atoms with Gasteiger partial charge >= 0.3 is 0 Å². The molecule has 0 aliphatic carbocycles. The van der Waals surface area contributed by atoms with Crippen LogP contribution in [0.15, 0.2) is 21.5 Å². The number of nitrogens with two attached hydrogens (primary N) is 2. The molecular formula is C11H15BrFN3O3S. The van der Waals surface area contributed by atoms with Crippen molar-refractivity contribution in [1.82, 2.24) is 4.72 Å². The van der Waals surface area contributed by atoms with Crippen molar-refractivity contribution in [1.29, 1.82) is 0 Å². The van der Waals surface area contributed by atoms with E-state index in [-0.39, 0.29) is 21.6 Å². The van der Waals surface area contributed by atoms with Crippen LogP contribution in [0.2, 0.25) is 0 Å². The summed E-state index contributed by atoms with van der Waals surface area (Å²) in [5.74, 6) is -1.37. The maximum atomic E-state index is 13.2. The van der Waals surface area contributed by atoms with E-state index < -0.39 is 27.2 Å². The zero-order valence-corrected chi connectivity index (χ0v) is 13.3. The first-order chi connectivity index (χ1) is 8.97. The second-order valence-electron chi connectivity index (χ2n) is 4.88. The maximum Gasteiger partial charge on any atom is 0.241 e. The molecule has 0 atom stereocenters. The number of rotatable bonds is 5. The lowest BCUT2D eigenvalue weighted by molar-refractivity contribution is -0.125. The van der Waals surface area contributed by atoms with E-state index in [0.717, 1.165) is 12.1 Å². The zero-order valence-electron chi connectivity index (χ0n) is 10.9. The number of primary amides is 1. The Balaban J connectivity index is 3.07. The Morgan fingerprint density at radius 2 is 2.00 bits per heavy atom. The predicted octanol–water partition coefficient (Wildman–Crippen LogP) is 0.960. The molecule has 0 saturated carbocycles. The van der Waals surface area contributed by atoms with Gasteiger partial charge in [0, 0.05) is 11.0 Å². The standard InChI is InChI=1S/C11H15BrFN3O3S/c1-11(2,10(15)17)5-16-20(18,19)9-4-8(14)7(13)3-6(9)12/h3-4,16H,5,14H2,1-2H3,(H2,15,17). The lowest BCUT2D eigenvalue weighted by Gasteiger charge is -2.21. The van der Waals surface area contributed by atoms with E-state index in [9.17, 15) is 17.6 Å². The van der Waals surface area contributed by atoms with Gasteiger partial charge in [-0.2, -0.15) is 0 Å². The summed E-state index contributed by atoms with van der Waals surface area (Å²) < 4.78 is 39.7. The lowest BCUT2D eigenvalue weighted by atomic mass is 9.93. The average Bonchev–Trinajstić information content (AvgIpc) is 2.31. The predicted molar refractivity (Wildman–Crippen MR) is 76.7 cm³/mol. The fourth-order valence-corrected chi connectivity index (χ4v) is 3.45. The van der Waals surface area contributed by atoms with E-state index in [4.69, 9.17) is 11.5 Å². The van der Waals surface area contributed by atoms with E-state index in [1.165, 1.54) is 13.8 Å². The van der Waals surface area contributed by atoms with Crippen molar-refractivity contribution in [3.05, 3.63) is 22.4 Å². The summed E-state index contributed by atoms with van der Waals surface area (Å²) in [6, 6.07) is 1.96. The van der Waals surface area contributed by atoms with Crippen molar-refractivity contribution in [2.45, 2.75) is 18.7 Å². The van der Waals surface area contributed by atoms with Gasteiger partial charge in [-0.25, -0.2) is 17.5 Å². The summed E-state index contributed by atoms with van der Waals surface area (Å²) >= 11 is 2.96. The van der Waals surface area contributed by atoms with Crippen LogP contribution in [0.5, 0.6) is 0 Å². The first-order valence-electron chi connectivity index (χ1n) is 5.51. The van der Waals surface area contributed by atoms with Crippen molar-refractivity contribution in [2.24, 2.45) is 11.1 Å². The zero-order chi connectivity index (χ0) is 15.7. The van der Waals surface area contributed by atoms with Gasteiger partial charge in [-0.1, -0.05) is 0 Å². The molecule has 0 spiro atoms. The Hall–Kier alpha value is -1.19. The van der Waals surface area contributed by atoms with Crippen LogP contribution in [0.4, 0.5) is 10.1 Å². The number of anilines is 1. The number of carbonyl (C=O) groups is 1. The molecule has 0 radical (unpaired) electrons. The van der Waals surface area contributed by atoms with Crippen LogP contribution in [0.3, 0.4) is 0 Å². The van der Waals surface area contributed by atoms with Crippen molar-refractivity contribution in [3.8, 4) is 0 Å². The monoisotopic (exact) mass is 367 g/mol. The third-order valence-corrected chi connectivity index (χ3v) is 5.07. The molecule has 0 heterocycles. The van der Waals surface area contributed by atoms with Crippen LogP contribution in [-0.4, -0.2) is 20.9 Å². The summed E-state index contributed by atoms with van der Waals surface area (Å²) in [5.41, 5.74) is 9.17. The number of halogens is 2. The summed E-state index contributed by atoms with van der Waals surface area (Å²) in [5, 5.41) is 0. The number of amides is 1. The van der Waals surface area contributed by atoms with Gasteiger partial charge in [-0.3, -0.25) is 4.79 Å². The second kappa shape index (κ2) is 5.66. The quantitative estimate of drug-likeness (QED) is 0.672. The van der Waals surface area contributed by atoms with Gasteiger partial charge in [0.25, 0.3) is 0 Å². The van der Waals surface area contributed by atoms with E-state index in [1.54, 1.807) is 0 Å². The van der Waals surface area contributed by atoms with Crippen LogP contribution in [0.1, 0.15) is 13.8 Å². The third-order valence-electron chi connectivity index (χ3n) is 2.71. The van der Waals surface area contributed by atoms with Crippen molar-refractivity contribution in [2.75, 3.05) is 12.3 Å². The number of nitrogens with one attached hydrogen (secondary N) is 1. The average molecular weight is 368 g/mol. The summed E-state index contributed by atoms with van der Waals surface area (Å²) in [7, 11) is -3.95. The van der Waals surface area contributed by atoms with Crippen LogP contribution in [-0.2, 0) is 14.8 Å². The molecule has 0 bridgehead atoms. The normalized spacial score (nSPS) is 12.4. The highest BCUT2D eigenvalue weighted by Gasteiger charge is 2.28. The Morgan fingerprint density at radius 1 is 1.45 bits per heavy atom. The number of carbonyl (C=O) groups excluding carboxylic acids is 1. The number of hydrogen-bond donors (Lipinski definition) is 3. The minimum Gasteiger partial charge on any atom is -0.396 e. The summed E-state index contributed by atoms with van der Waals surface area (Å²) in [6.45, 7) is 2.83. The highest BCUT2D eigenvalue weighted by molar-refractivity contribution is 9.10. The molecule has 1 amide bonds. The van der Waals surface area contributed by atoms with Gasteiger partial charge in [0.15, 0.2) is 0 Å². The van der Waals surface area contributed by atoms with Gasteiger partial charge in [0.05, 0.1) is 16.0 Å². The van der Waals surface area contributed by atoms with E-state index >= 15 is 0 Å². The number of sulfonamides is 1. The molecule has 1 aromatic rings. The van der Waals surface area contributed by atoms with Crippen LogP contribution in [0, 0.1) is 11.2 Å². The molecule has 5 N–H and O–H groups in total. The minimum absolute atomic E-state index is 0.0357. The van der Waals surface area contributed by atoms with E-state index in [1.807, 2.05) is 0 Å². The molecule has 20 heavy (non-hydrogen) atoms. The van der Waals surface area contributed by atoms with Gasteiger partial charge in [0.1, 0.15) is 5.82 Å². The number of nitrogen functional groups attached to an aromatic ring is 1. The largest absolute Gasteiger partial charge is 0.396 e. The minimum atomic E-state index is -3.95. The van der Waals surface area contributed by atoms with Crippen molar-refractivity contribution >= 4 is 37.5 Å².